The van der Waals surface area contributed by atoms with Gasteiger partial charge in [0.05, 0.1) is 0 Å². The van der Waals surface area contributed by atoms with E-state index in [4.69, 9.17) is 0 Å². The van der Waals surface area contributed by atoms with Crippen LogP contribution in [0.3, 0.4) is 0 Å². The highest BCUT2D eigenvalue weighted by Gasteiger charge is 2.07. The lowest BCUT2D eigenvalue weighted by Crippen LogP contribution is -2.18. The van der Waals surface area contributed by atoms with Gasteiger partial charge in [0.1, 0.15) is 6.54 Å². The Labute approximate surface area is 125 Å². The molecular formula is C16H13BrN2O. The zero-order valence-electron chi connectivity index (χ0n) is 10.7. The van der Waals surface area contributed by atoms with Crippen LogP contribution in [0.5, 0.6) is 0 Å². The highest BCUT2D eigenvalue weighted by molar-refractivity contribution is 9.10. The van der Waals surface area contributed by atoms with Crippen LogP contribution < -0.4 is 5.32 Å². The van der Waals surface area contributed by atoms with Gasteiger partial charge in [-0.1, -0.05) is 40.2 Å². The number of benzene rings is 2. The van der Waals surface area contributed by atoms with Crippen LogP contribution in [0, 0.1) is 0 Å². The number of halogens is 1. The molecule has 0 aliphatic carbocycles. The Bertz CT molecular complexity index is 750. The van der Waals surface area contributed by atoms with Crippen molar-refractivity contribution in [3.8, 4) is 0 Å². The van der Waals surface area contributed by atoms with E-state index in [2.05, 4.69) is 21.2 Å². The minimum atomic E-state index is -0.0336. The highest BCUT2D eigenvalue weighted by Crippen LogP contribution is 2.21. The van der Waals surface area contributed by atoms with Crippen molar-refractivity contribution in [1.82, 2.24) is 4.57 Å². The summed E-state index contributed by atoms with van der Waals surface area (Å²) >= 11 is 3.46. The maximum absolute atomic E-state index is 12.1. The number of carbonyl (C=O) groups is 1. The third-order valence-corrected chi connectivity index (χ3v) is 3.60. The van der Waals surface area contributed by atoms with Crippen LogP contribution in [0.15, 0.2) is 65.3 Å². The van der Waals surface area contributed by atoms with E-state index in [0.29, 0.717) is 6.54 Å². The maximum atomic E-state index is 12.1. The van der Waals surface area contributed by atoms with Crippen LogP contribution in [0.2, 0.25) is 0 Å². The number of amides is 1. The van der Waals surface area contributed by atoms with Gasteiger partial charge < -0.3 is 9.88 Å². The Morgan fingerprint density at radius 1 is 1.10 bits per heavy atom. The van der Waals surface area contributed by atoms with Gasteiger partial charge in [0.2, 0.25) is 5.91 Å². The number of nitrogens with one attached hydrogen (secondary N) is 1. The topological polar surface area (TPSA) is 34.0 Å². The van der Waals surface area contributed by atoms with Crippen molar-refractivity contribution in [2.75, 3.05) is 5.32 Å². The SMILES string of the molecule is O=C(Cn1ccc2ccc(Br)cc21)Nc1ccccc1. The van der Waals surface area contributed by atoms with Gasteiger partial charge in [-0.2, -0.15) is 0 Å². The molecule has 1 heterocycles. The Morgan fingerprint density at radius 2 is 1.90 bits per heavy atom. The van der Waals surface area contributed by atoms with E-state index in [9.17, 15) is 4.79 Å². The van der Waals surface area contributed by atoms with Crippen LogP contribution >= 0.6 is 15.9 Å². The fourth-order valence-corrected chi connectivity index (χ4v) is 2.52. The Morgan fingerprint density at radius 3 is 2.70 bits per heavy atom. The summed E-state index contributed by atoms with van der Waals surface area (Å²) < 4.78 is 2.95. The first-order valence-electron chi connectivity index (χ1n) is 6.32. The van der Waals surface area contributed by atoms with Crippen LogP contribution in [-0.2, 0) is 11.3 Å². The van der Waals surface area contributed by atoms with Crippen molar-refractivity contribution in [2.45, 2.75) is 6.54 Å². The van der Waals surface area contributed by atoms with Crippen molar-refractivity contribution in [3.05, 3.63) is 65.3 Å². The molecule has 0 aliphatic rings. The molecular weight excluding hydrogens is 316 g/mol. The van der Waals surface area contributed by atoms with E-state index in [0.717, 1.165) is 21.1 Å². The molecule has 3 nitrogen and oxygen atoms in total. The molecule has 1 N–H and O–H groups in total. The molecule has 0 saturated carbocycles. The van der Waals surface area contributed by atoms with Gasteiger partial charge in [-0.05, 0) is 35.7 Å². The fourth-order valence-electron chi connectivity index (χ4n) is 2.17. The summed E-state index contributed by atoms with van der Waals surface area (Å²) in [5.74, 6) is -0.0336. The van der Waals surface area contributed by atoms with Gasteiger partial charge in [0, 0.05) is 21.9 Å². The molecule has 0 bridgehead atoms. The summed E-state index contributed by atoms with van der Waals surface area (Å²) in [5.41, 5.74) is 1.86. The number of aromatic nitrogens is 1. The first kappa shape index (κ1) is 12.9. The molecule has 0 saturated heterocycles. The van der Waals surface area contributed by atoms with E-state index in [1.807, 2.05) is 65.4 Å². The van der Waals surface area contributed by atoms with Gasteiger partial charge in [0.25, 0.3) is 0 Å². The van der Waals surface area contributed by atoms with Crippen molar-refractivity contribution < 1.29 is 4.79 Å². The number of fused-ring (bicyclic) bond motifs is 1. The van der Waals surface area contributed by atoms with E-state index in [1.54, 1.807) is 0 Å². The molecule has 4 heteroatoms. The third-order valence-electron chi connectivity index (χ3n) is 3.11. The van der Waals surface area contributed by atoms with E-state index in [-0.39, 0.29) is 5.91 Å². The number of nitrogens with zero attached hydrogens (tertiary/aromatic N) is 1. The quantitative estimate of drug-likeness (QED) is 0.773. The molecule has 0 atom stereocenters. The van der Waals surface area contributed by atoms with Crippen molar-refractivity contribution in [2.24, 2.45) is 0 Å². The molecule has 0 fully saturated rings. The van der Waals surface area contributed by atoms with Gasteiger partial charge in [-0.25, -0.2) is 0 Å². The molecule has 100 valence electrons. The summed E-state index contributed by atoms with van der Waals surface area (Å²) in [4.78, 5) is 12.1. The predicted octanol–water partition coefficient (Wildman–Crippen LogP) is 4.04. The molecule has 20 heavy (non-hydrogen) atoms. The lowest BCUT2D eigenvalue weighted by Gasteiger charge is -2.07. The predicted molar refractivity (Wildman–Crippen MR) is 84.7 cm³/mol. The van der Waals surface area contributed by atoms with Crippen LogP contribution in [0.4, 0.5) is 5.69 Å². The maximum Gasteiger partial charge on any atom is 0.244 e. The average Bonchev–Trinajstić information content (AvgIpc) is 2.82. The second-order valence-electron chi connectivity index (χ2n) is 4.56. The number of anilines is 1. The zero-order valence-corrected chi connectivity index (χ0v) is 12.3. The molecule has 0 spiro atoms. The smallest absolute Gasteiger partial charge is 0.244 e. The molecule has 1 amide bonds. The van der Waals surface area contributed by atoms with Gasteiger partial charge in [-0.15, -0.1) is 0 Å². The number of hydrogen-bond donors (Lipinski definition) is 1. The van der Waals surface area contributed by atoms with E-state index in [1.165, 1.54) is 0 Å². The Balaban J connectivity index is 1.79. The molecule has 3 aromatic rings. The highest BCUT2D eigenvalue weighted by atomic mass is 79.9. The molecule has 3 rings (SSSR count). The average molecular weight is 329 g/mol. The van der Waals surface area contributed by atoms with E-state index >= 15 is 0 Å². The Hall–Kier alpha value is -2.07. The van der Waals surface area contributed by atoms with Gasteiger partial charge >= 0.3 is 0 Å². The lowest BCUT2D eigenvalue weighted by atomic mass is 10.2. The number of rotatable bonds is 3. The second kappa shape index (κ2) is 5.51. The monoisotopic (exact) mass is 328 g/mol. The molecule has 0 aliphatic heterocycles. The summed E-state index contributed by atoms with van der Waals surface area (Å²) in [6.07, 6.45) is 1.93. The third kappa shape index (κ3) is 2.75. The van der Waals surface area contributed by atoms with Crippen molar-refractivity contribution in [1.29, 1.82) is 0 Å². The molecule has 0 unspecified atom stereocenters. The first-order valence-corrected chi connectivity index (χ1v) is 7.11. The molecule has 0 radical (unpaired) electrons. The Kier molecular flexibility index (Phi) is 3.56. The minimum Gasteiger partial charge on any atom is -0.338 e. The van der Waals surface area contributed by atoms with Crippen molar-refractivity contribution in [3.63, 3.8) is 0 Å². The number of carbonyl (C=O) groups excluding carboxylic acids is 1. The molecule has 1 aromatic heterocycles. The summed E-state index contributed by atoms with van der Waals surface area (Å²) in [7, 11) is 0. The van der Waals surface area contributed by atoms with Crippen LogP contribution in [0.25, 0.3) is 10.9 Å². The lowest BCUT2D eigenvalue weighted by molar-refractivity contribution is -0.116. The fraction of sp³-hybridized carbons (Fsp3) is 0.0625. The van der Waals surface area contributed by atoms with Crippen molar-refractivity contribution >= 4 is 38.4 Å². The molecule has 2 aromatic carbocycles. The van der Waals surface area contributed by atoms with Gasteiger partial charge in [0.15, 0.2) is 0 Å². The zero-order chi connectivity index (χ0) is 13.9. The largest absolute Gasteiger partial charge is 0.338 e. The van der Waals surface area contributed by atoms with Gasteiger partial charge in [-0.3, -0.25) is 4.79 Å². The summed E-state index contributed by atoms with van der Waals surface area (Å²) in [6, 6.07) is 17.5. The standard InChI is InChI=1S/C16H13BrN2O/c17-13-7-6-12-8-9-19(15(12)10-13)11-16(20)18-14-4-2-1-3-5-14/h1-10H,11H2,(H,18,20). The number of hydrogen-bond acceptors (Lipinski definition) is 1. The number of para-hydroxylation sites is 1. The second-order valence-corrected chi connectivity index (χ2v) is 5.48. The summed E-state index contributed by atoms with van der Waals surface area (Å²) in [5, 5.41) is 4.01. The van der Waals surface area contributed by atoms with E-state index < -0.39 is 0 Å². The van der Waals surface area contributed by atoms with Crippen LogP contribution in [-0.4, -0.2) is 10.5 Å². The minimum absolute atomic E-state index is 0.0336. The normalized spacial score (nSPS) is 10.7. The summed E-state index contributed by atoms with van der Waals surface area (Å²) in [6.45, 7) is 0.300. The van der Waals surface area contributed by atoms with Crippen LogP contribution in [0.1, 0.15) is 0 Å². The first-order chi connectivity index (χ1) is 9.72.